The summed E-state index contributed by atoms with van der Waals surface area (Å²) in [5, 5.41) is 4.44. The van der Waals surface area contributed by atoms with Crippen LogP contribution >= 0.6 is 0 Å². The van der Waals surface area contributed by atoms with Crippen LogP contribution in [0.5, 0.6) is 0 Å². The van der Waals surface area contributed by atoms with E-state index in [1.807, 2.05) is 0 Å². The normalized spacial score (nSPS) is 12.7. The monoisotopic (exact) mass is 306 g/mol. The summed E-state index contributed by atoms with van der Waals surface area (Å²) in [6.45, 7) is 6.47. The summed E-state index contributed by atoms with van der Waals surface area (Å²) in [6.07, 6.45) is 0. The zero-order valence-electron chi connectivity index (χ0n) is 11.3. The molecule has 0 aromatic heterocycles. The molecule has 0 saturated carbocycles. The highest BCUT2D eigenvalue weighted by Gasteiger charge is 2.19. The number of sulfonamides is 2. The summed E-state index contributed by atoms with van der Waals surface area (Å²) in [5.74, 6) is 0. The van der Waals surface area contributed by atoms with Crippen molar-refractivity contribution in [2.75, 3.05) is 4.72 Å². The molecule has 108 valence electrons. The van der Waals surface area contributed by atoms with Crippen molar-refractivity contribution in [1.82, 2.24) is 0 Å². The summed E-state index contributed by atoms with van der Waals surface area (Å²) in [7, 11) is -7.41. The molecule has 1 aromatic carbocycles. The lowest BCUT2D eigenvalue weighted by Gasteiger charge is -2.15. The largest absolute Gasteiger partial charge is 0.283 e. The number of aryl methyl sites for hydroxylation is 1. The molecule has 0 heterocycles. The van der Waals surface area contributed by atoms with Crippen molar-refractivity contribution < 1.29 is 16.8 Å². The van der Waals surface area contributed by atoms with E-state index in [1.165, 1.54) is 26.0 Å². The first-order valence-corrected chi connectivity index (χ1v) is 8.70. The molecule has 8 heteroatoms. The van der Waals surface area contributed by atoms with Gasteiger partial charge in [-0.05, 0) is 51.0 Å². The molecule has 1 rings (SSSR count). The summed E-state index contributed by atoms with van der Waals surface area (Å²) >= 11 is 0. The number of hydrogen-bond acceptors (Lipinski definition) is 4. The Morgan fingerprint density at radius 1 is 1.11 bits per heavy atom. The molecule has 0 amide bonds. The zero-order valence-corrected chi connectivity index (χ0v) is 12.9. The molecule has 0 unspecified atom stereocenters. The maximum absolute atomic E-state index is 11.8. The Hall–Kier alpha value is -1.12. The lowest BCUT2D eigenvalue weighted by Crippen LogP contribution is -2.23. The lowest BCUT2D eigenvalue weighted by atomic mass is 10.1. The Balaban J connectivity index is 3.41. The second kappa shape index (κ2) is 5.10. The summed E-state index contributed by atoms with van der Waals surface area (Å²) in [5.41, 5.74) is 1.54. The topological polar surface area (TPSA) is 106 Å². The van der Waals surface area contributed by atoms with Crippen LogP contribution in [-0.2, 0) is 20.0 Å². The zero-order chi connectivity index (χ0) is 15.0. The molecule has 0 atom stereocenters. The molecule has 1 aromatic rings. The maximum atomic E-state index is 11.8. The summed E-state index contributed by atoms with van der Waals surface area (Å²) in [6, 6.07) is 2.65. The molecule has 0 fully saturated rings. The van der Waals surface area contributed by atoms with Crippen LogP contribution in [0.15, 0.2) is 17.0 Å². The van der Waals surface area contributed by atoms with Gasteiger partial charge in [-0.1, -0.05) is 0 Å². The highest BCUT2D eigenvalue weighted by atomic mass is 32.2. The molecule has 0 saturated heterocycles. The summed E-state index contributed by atoms with van der Waals surface area (Å²) in [4.78, 5) is -0.114. The number of rotatable bonds is 4. The van der Waals surface area contributed by atoms with Crippen LogP contribution in [-0.4, -0.2) is 22.1 Å². The smallest absolute Gasteiger partial charge is 0.238 e. The number of anilines is 1. The van der Waals surface area contributed by atoms with E-state index < -0.39 is 25.3 Å². The average Bonchev–Trinajstić information content (AvgIpc) is 2.22. The van der Waals surface area contributed by atoms with E-state index in [0.29, 0.717) is 11.1 Å². The van der Waals surface area contributed by atoms with Gasteiger partial charge in [0.1, 0.15) is 0 Å². The molecule has 0 radical (unpaired) electrons. The van der Waals surface area contributed by atoms with Crippen LogP contribution in [0.2, 0.25) is 0 Å². The fraction of sp³-hybridized carbons (Fsp3) is 0.455. The van der Waals surface area contributed by atoms with Crippen LogP contribution in [0.25, 0.3) is 0 Å². The van der Waals surface area contributed by atoms with Crippen molar-refractivity contribution in [1.29, 1.82) is 0 Å². The molecular weight excluding hydrogens is 288 g/mol. The molecule has 0 aliphatic heterocycles. The average molecular weight is 306 g/mol. The van der Waals surface area contributed by atoms with Gasteiger partial charge in [0, 0.05) is 0 Å². The Bertz CT molecular complexity index is 692. The van der Waals surface area contributed by atoms with Gasteiger partial charge in [-0.15, -0.1) is 0 Å². The van der Waals surface area contributed by atoms with Gasteiger partial charge in [0.2, 0.25) is 20.0 Å². The van der Waals surface area contributed by atoms with Crippen molar-refractivity contribution >= 4 is 25.7 Å². The number of nitrogens with one attached hydrogen (secondary N) is 1. The number of hydrogen-bond donors (Lipinski definition) is 2. The third-order valence-electron chi connectivity index (χ3n) is 2.84. The highest BCUT2D eigenvalue weighted by Crippen LogP contribution is 2.25. The highest BCUT2D eigenvalue weighted by molar-refractivity contribution is 7.93. The third kappa shape index (κ3) is 3.68. The SMILES string of the molecule is Cc1cc(S(N)(=O)=O)cc(NS(=O)(=O)C(C)C)c1C. The first-order valence-electron chi connectivity index (χ1n) is 5.61. The predicted octanol–water partition coefficient (Wildman–Crippen LogP) is 1.10. The second-order valence-corrected chi connectivity index (χ2v) is 8.45. The number of nitrogens with two attached hydrogens (primary N) is 1. The molecule has 0 aliphatic rings. The van der Waals surface area contributed by atoms with Crippen LogP contribution < -0.4 is 9.86 Å². The summed E-state index contributed by atoms with van der Waals surface area (Å²) < 4.78 is 48.8. The minimum absolute atomic E-state index is 0.114. The van der Waals surface area contributed by atoms with Crippen molar-refractivity contribution in [2.24, 2.45) is 5.14 Å². The first-order chi connectivity index (χ1) is 8.45. The van der Waals surface area contributed by atoms with E-state index >= 15 is 0 Å². The quantitative estimate of drug-likeness (QED) is 0.868. The Kier molecular flexibility index (Phi) is 4.28. The van der Waals surface area contributed by atoms with Gasteiger partial charge in [-0.25, -0.2) is 22.0 Å². The molecule has 6 nitrogen and oxygen atoms in total. The number of primary sulfonamides is 1. The van der Waals surface area contributed by atoms with Crippen molar-refractivity contribution in [3.05, 3.63) is 23.3 Å². The lowest BCUT2D eigenvalue weighted by molar-refractivity contribution is 0.591. The van der Waals surface area contributed by atoms with Gasteiger partial charge in [0.25, 0.3) is 0 Å². The molecule has 0 bridgehead atoms. The molecule has 0 aliphatic carbocycles. The Morgan fingerprint density at radius 2 is 1.63 bits per heavy atom. The van der Waals surface area contributed by atoms with Crippen LogP contribution in [0.4, 0.5) is 5.69 Å². The van der Waals surface area contributed by atoms with Gasteiger partial charge in [-0.2, -0.15) is 0 Å². The maximum Gasteiger partial charge on any atom is 0.238 e. The number of benzene rings is 1. The molecule has 19 heavy (non-hydrogen) atoms. The van der Waals surface area contributed by atoms with Gasteiger partial charge in [0.05, 0.1) is 15.8 Å². The van der Waals surface area contributed by atoms with E-state index in [1.54, 1.807) is 13.8 Å². The fourth-order valence-corrected chi connectivity index (χ4v) is 2.75. The van der Waals surface area contributed by atoms with Crippen LogP contribution in [0.1, 0.15) is 25.0 Å². The standard InChI is InChI=1S/C11H18N2O4S2/c1-7(2)19(16,17)13-11-6-10(18(12,14)15)5-8(3)9(11)4/h5-7,13H,1-4H3,(H2,12,14,15). The van der Waals surface area contributed by atoms with Gasteiger partial charge < -0.3 is 0 Å². The third-order valence-corrected chi connectivity index (χ3v) is 5.48. The van der Waals surface area contributed by atoms with Crippen LogP contribution in [0, 0.1) is 13.8 Å². The van der Waals surface area contributed by atoms with Crippen LogP contribution in [0.3, 0.4) is 0 Å². The molecule has 3 N–H and O–H groups in total. The van der Waals surface area contributed by atoms with Crippen molar-refractivity contribution in [3.8, 4) is 0 Å². The second-order valence-electron chi connectivity index (χ2n) is 4.65. The van der Waals surface area contributed by atoms with Crippen molar-refractivity contribution in [2.45, 2.75) is 37.8 Å². The fourth-order valence-electron chi connectivity index (χ4n) is 1.37. The predicted molar refractivity (Wildman–Crippen MR) is 75.0 cm³/mol. The van der Waals surface area contributed by atoms with E-state index in [2.05, 4.69) is 4.72 Å². The minimum Gasteiger partial charge on any atom is -0.283 e. The van der Waals surface area contributed by atoms with E-state index in [-0.39, 0.29) is 10.6 Å². The first kappa shape index (κ1) is 15.9. The van der Waals surface area contributed by atoms with E-state index in [4.69, 9.17) is 5.14 Å². The Labute approximate surface area is 114 Å². The van der Waals surface area contributed by atoms with E-state index in [0.717, 1.165) is 0 Å². The van der Waals surface area contributed by atoms with Gasteiger partial charge >= 0.3 is 0 Å². The van der Waals surface area contributed by atoms with Gasteiger partial charge in [0.15, 0.2) is 0 Å². The Morgan fingerprint density at radius 3 is 2.05 bits per heavy atom. The van der Waals surface area contributed by atoms with Gasteiger partial charge in [-0.3, -0.25) is 4.72 Å². The molecular formula is C11H18N2O4S2. The van der Waals surface area contributed by atoms with E-state index in [9.17, 15) is 16.8 Å². The minimum atomic E-state index is -3.88. The van der Waals surface area contributed by atoms with Crippen molar-refractivity contribution in [3.63, 3.8) is 0 Å². The molecule has 0 spiro atoms.